The molecule has 1 aliphatic heterocycles. The zero-order chi connectivity index (χ0) is 18.8. The Labute approximate surface area is 159 Å². The molecule has 26 heavy (non-hydrogen) atoms. The van der Waals surface area contributed by atoms with Crippen molar-refractivity contribution in [3.8, 4) is 0 Å². The third-order valence-corrected chi connectivity index (χ3v) is 5.12. The van der Waals surface area contributed by atoms with E-state index in [2.05, 4.69) is 22.1 Å². The van der Waals surface area contributed by atoms with Gasteiger partial charge in [0, 0.05) is 45.0 Å². The molecular formula is C18H30N4O3S. The van der Waals surface area contributed by atoms with Gasteiger partial charge < -0.3 is 15.0 Å². The molecule has 2 rings (SSSR count). The van der Waals surface area contributed by atoms with Crippen LogP contribution >= 0.6 is 11.3 Å². The maximum absolute atomic E-state index is 12.9. The number of nitrogens with one attached hydrogen (secondary N) is 1. The van der Waals surface area contributed by atoms with Crippen molar-refractivity contribution >= 4 is 28.3 Å². The molecule has 1 aromatic rings. The molecule has 7 nitrogen and oxygen atoms in total. The van der Waals surface area contributed by atoms with Gasteiger partial charge in [-0.3, -0.25) is 14.5 Å². The van der Waals surface area contributed by atoms with Crippen LogP contribution in [0.25, 0.3) is 0 Å². The predicted molar refractivity (Wildman–Crippen MR) is 104 cm³/mol. The lowest BCUT2D eigenvalue weighted by atomic mass is 10.2. The van der Waals surface area contributed by atoms with Gasteiger partial charge in [-0.25, -0.2) is 4.98 Å². The SMILES string of the molecule is CCCCCCN(CCN1CCOCC1)C(=O)c1csc(NC(C)=O)n1. The smallest absolute Gasteiger partial charge is 0.273 e. The molecule has 146 valence electrons. The average Bonchev–Trinajstić information content (AvgIpc) is 3.09. The number of hydrogen-bond acceptors (Lipinski definition) is 6. The first-order valence-electron chi connectivity index (χ1n) is 9.42. The van der Waals surface area contributed by atoms with E-state index in [0.29, 0.717) is 17.4 Å². The predicted octanol–water partition coefficient (Wildman–Crippen LogP) is 2.46. The van der Waals surface area contributed by atoms with Crippen LogP contribution < -0.4 is 5.32 Å². The summed E-state index contributed by atoms with van der Waals surface area (Å²) in [4.78, 5) is 32.6. The van der Waals surface area contributed by atoms with E-state index in [1.807, 2.05) is 4.90 Å². The number of ether oxygens (including phenoxy) is 1. The van der Waals surface area contributed by atoms with Crippen molar-refractivity contribution in [2.24, 2.45) is 0 Å². The number of carbonyl (C=O) groups excluding carboxylic acids is 2. The van der Waals surface area contributed by atoms with Gasteiger partial charge in [0.1, 0.15) is 5.69 Å². The van der Waals surface area contributed by atoms with Crippen molar-refractivity contribution in [1.29, 1.82) is 0 Å². The highest BCUT2D eigenvalue weighted by Crippen LogP contribution is 2.17. The van der Waals surface area contributed by atoms with E-state index >= 15 is 0 Å². The van der Waals surface area contributed by atoms with Crippen molar-refractivity contribution in [1.82, 2.24) is 14.8 Å². The number of rotatable bonds is 10. The van der Waals surface area contributed by atoms with Gasteiger partial charge in [0.05, 0.1) is 13.2 Å². The molecule has 0 bridgehead atoms. The number of morpholine rings is 1. The molecule has 8 heteroatoms. The van der Waals surface area contributed by atoms with Crippen molar-refractivity contribution in [3.63, 3.8) is 0 Å². The van der Waals surface area contributed by atoms with Gasteiger partial charge in [-0.2, -0.15) is 0 Å². The molecule has 1 saturated heterocycles. The van der Waals surface area contributed by atoms with Gasteiger partial charge in [-0.15, -0.1) is 11.3 Å². The van der Waals surface area contributed by atoms with Gasteiger partial charge in [-0.05, 0) is 6.42 Å². The first-order chi connectivity index (χ1) is 12.6. The number of unbranched alkanes of at least 4 members (excludes halogenated alkanes) is 3. The molecule has 0 aliphatic carbocycles. The normalized spacial score (nSPS) is 15.0. The van der Waals surface area contributed by atoms with Gasteiger partial charge in [0.2, 0.25) is 5.91 Å². The lowest BCUT2D eigenvalue weighted by Gasteiger charge is -2.30. The average molecular weight is 383 g/mol. The maximum Gasteiger partial charge on any atom is 0.273 e. The second kappa shape index (κ2) is 11.3. The Morgan fingerprint density at radius 2 is 2.04 bits per heavy atom. The summed E-state index contributed by atoms with van der Waals surface area (Å²) in [5, 5.41) is 4.83. The molecule has 0 saturated carbocycles. The Hall–Kier alpha value is -1.51. The molecule has 0 aromatic carbocycles. The molecule has 1 aliphatic rings. The van der Waals surface area contributed by atoms with E-state index in [1.54, 1.807) is 5.38 Å². The van der Waals surface area contributed by atoms with Crippen LogP contribution in [0.3, 0.4) is 0 Å². The Morgan fingerprint density at radius 1 is 1.27 bits per heavy atom. The van der Waals surface area contributed by atoms with E-state index in [-0.39, 0.29) is 11.8 Å². The highest BCUT2D eigenvalue weighted by atomic mass is 32.1. The Kier molecular flexibility index (Phi) is 9.00. The molecule has 2 amide bonds. The van der Waals surface area contributed by atoms with Crippen LogP contribution in [0.2, 0.25) is 0 Å². The molecule has 2 heterocycles. The summed E-state index contributed by atoms with van der Waals surface area (Å²) in [6.45, 7) is 9.26. The molecule has 0 unspecified atom stereocenters. The van der Waals surface area contributed by atoms with E-state index in [4.69, 9.17) is 4.74 Å². The zero-order valence-corrected chi connectivity index (χ0v) is 16.6. The van der Waals surface area contributed by atoms with Crippen molar-refractivity contribution in [3.05, 3.63) is 11.1 Å². The number of nitrogens with zero attached hydrogens (tertiary/aromatic N) is 3. The topological polar surface area (TPSA) is 74.8 Å². The summed E-state index contributed by atoms with van der Waals surface area (Å²) >= 11 is 1.28. The molecule has 1 fully saturated rings. The van der Waals surface area contributed by atoms with Gasteiger partial charge in [0.25, 0.3) is 5.91 Å². The number of anilines is 1. The highest BCUT2D eigenvalue weighted by molar-refractivity contribution is 7.14. The van der Waals surface area contributed by atoms with Gasteiger partial charge in [-0.1, -0.05) is 26.2 Å². The third kappa shape index (κ3) is 7.01. The fourth-order valence-corrected chi connectivity index (χ4v) is 3.60. The minimum absolute atomic E-state index is 0.0531. The lowest BCUT2D eigenvalue weighted by Crippen LogP contribution is -2.43. The van der Waals surface area contributed by atoms with Crippen LogP contribution in [0.1, 0.15) is 50.0 Å². The standard InChI is InChI=1S/C18H30N4O3S/c1-3-4-5-6-7-22(9-8-21-10-12-25-13-11-21)17(24)16-14-26-18(20-16)19-15(2)23/h14H,3-13H2,1-2H3,(H,19,20,23). The van der Waals surface area contributed by atoms with Crippen LogP contribution in [-0.2, 0) is 9.53 Å². The summed E-state index contributed by atoms with van der Waals surface area (Å²) in [7, 11) is 0. The monoisotopic (exact) mass is 382 g/mol. The number of carbonyl (C=O) groups is 2. The molecule has 1 N–H and O–H groups in total. The summed E-state index contributed by atoms with van der Waals surface area (Å²) < 4.78 is 5.38. The maximum atomic E-state index is 12.9. The summed E-state index contributed by atoms with van der Waals surface area (Å²) in [5.41, 5.74) is 0.413. The largest absolute Gasteiger partial charge is 0.379 e. The van der Waals surface area contributed by atoms with Crippen LogP contribution in [0, 0.1) is 0 Å². The lowest BCUT2D eigenvalue weighted by molar-refractivity contribution is -0.114. The second-order valence-electron chi connectivity index (χ2n) is 6.53. The summed E-state index contributed by atoms with van der Waals surface area (Å²) in [5.74, 6) is -0.232. The molecule has 0 atom stereocenters. The van der Waals surface area contributed by atoms with E-state index < -0.39 is 0 Å². The number of thiazole rings is 1. The zero-order valence-electron chi connectivity index (χ0n) is 15.8. The van der Waals surface area contributed by atoms with Crippen molar-refractivity contribution < 1.29 is 14.3 Å². The third-order valence-electron chi connectivity index (χ3n) is 4.36. The second-order valence-corrected chi connectivity index (χ2v) is 7.38. The summed E-state index contributed by atoms with van der Waals surface area (Å²) in [6, 6.07) is 0. The Morgan fingerprint density at radius 3 is 2.73 bits per heavy atom. The molecule has 0 spiro atoms. The van der Waals surface area contributed by atoms with E-state index in [1.165, 1.54) is 31.1 Å². The van der Waals surface area contributed by atoms with Crippen LogP contribution in [-0.4, -0.2) is 72.5 Å². The minimum atomic E-state index is -0.179. The fourth-order valence-electron chi connectivity index (χ4n) is 2.87. The first kappa shape index (κ1) is 20.8. The fraction of sp³-hybridized carbons (Fsp3) is 0.722. The number of aromatic nitrogens is 1. The van der Waals surface area contributed by atoms with Crippen molar-refractivity contribution in [2.75, 3.05) is 51.3 Å². The first-order valence-corrected chi connectivity index (χ1v) is 10.3. The minimum Gasteiger partial charge on any atom is -0.379 e. The van der Waals surface area contributed by atoms with Crippen molar-refractivity contribution in [2.45, 2.75) is 39.5 Å². The molecule has 1 aromatic heterocycles. The van der Waals surface area contributed by atoms with Crippen LogP contribution in [0.4, 0.5) is 5.13 Å². The van der Waals surface area contributed by atoms with Crippen LogP contribution in [0.15, 0.2) is 5.38 Å². The number of hydrogen-bond donors (Lipinski definition) is 1. The molecular weight excluding hydrogens is 352 g/mol. The quantitative estimate of drug-likeness (QED) is 0.629. The van der Waals surface area contributed by atoms with Gasteiger partial charge >= 0.3 is 0 Å². The Balaban J connectivity index is 1.94. The van der Waals surface area contributed by atoms with Gasteiger partial charge in [0.15, 0.2) is 5.13 Å². The molecule has 0 radical (unpaired) electrons. The number of amides is 2. The van der Waals surface area contributed by atoms with E-state index in [9.17, 15) is 9.59 Å². The highest BCUT2D eigenvalue weighted by Gasteiger charge is 2.20. The Bertz CT molecular complexity index is 573. The summed E-state index contributed by atoms with van der Waals surface area (Å²) in [6.07, 6.45) is 4.50. The van der Waals surface area contributed by atoms with E-state index in [0.717, 1.165) is 52.2 Å². The van der Waals surface area contributed by atoms with Crippen LogP contribution in [0.5, 0.6) is 0 Å².